The molecular formula is C8H11FN2. The fourth-order valence-electron chi connectivity index (χ4n) is 2.45. The predicted molar refractivity (Wildman–Crippen MR) is 39.2 cm³/mol. The van der Waals surface area contributed by atoms with Crippen molar-refractivity contribution in [1.82, 2.24) is 0 Å². The molecule has 2 rings (SSSR count). The Morgan fingerprint density at radius 1 is 1.73 bits per heavy atom. The molecule has 60 valence electrons. The summed E-state index contributed by atoms with van der Waals surface area (Å²) in [5, 5.41) is 0. The van der Waals surface area contributed by atoms with Gasteiger partial charge in [0, 0.05) is 0 Å². The van der Waals surface area contributed by atoms with E-state index in [4.69, 9.17) is 12.3 Å². The van der Waals surface area contributed by atoms with Crippen LogP contribution in [-0.2, 0) is 0 Å². The maximum atomic E-state index is 13.1. The van der Waals surface area contributed by atoms with Crippen LogP contribution in [0.5, 0.6) is 0 Å². The molecule has 0 aromatic rings. The van der Waals surface area contributed by atoms with Gasteiger partial charge in [-0.1, -0.05) is 6.92 Å². The van der Waals surface area contributed by atoms with Crippen LogP contribution in [0.25, 0.3) is 4.85 Å². The van der Waals surface area contributed by atoms with Gasteiger partial charge in [0.2, 0.25) is 0 Å². The van der Waals surface area contributed by atoms with E-state index < -0.39 is 11.8 Å². The molecule has 0 aromatic carbocycles. The Hall–Kier alpha value is -0.620. The minimum absolute atomic E-state index is 0.134. The highest BCUT2D eigenvalue weighted by molar-refractivity contribution is 5.22. The molecule has 0 spiro atoms. The molecule has 2 aliphatic carbocycles. The topological polar surface area (TPSA) is 30.4 Å². The number of rotatable bonds is 0. The first-order chi connectivity index (χ1) is 5.11. The molecule has 2 saturated carbocycles. The van der Waals surface area contributed by atoms with Gasteiger partial charge < -0.3 is 0 Å². The monoisotopic (exact) mass is 154 g/mol. The number of hydrogen-bond acceptors (Lipinski definition) is 1. The summed E-state index contributed by atoms with van der Waals surface area (Å²) in [5.74, 6) is 1.00. The summed E-state index contributed by atoms with van der Waals surface area (Å²) >= 11 is 0. The molecule has 2 fully saturated rings. The van der Waals surface area contributed by atoms with Crippen molar-refractivity contribution < 1.29 is 4.39 Å². The van der Waals surface area contributed by atoms with Gasteiger partial charge in [-0.15, -0.1) is 0 Å². The highest BCUT2D eigenvalue weighted by Crippen LogP contribution is 2.62. The number of alkyl halides is 1. The van der Waals surface area contributed by atoms with E-state index >= 15 is 0 Å². The van der Waals surface area contributed by atoms with Gasteiger partial charge in [-0.05, 0) is 18.3 Å². The van der Waals surface area contributed by atoms with Crippen LogP contribution in [0.2, 0.25) is 0 Å². The van der Waals surface area contributed by atoms with Crippen molar-refractivity contribution in [2.75, 3.05) is 0 Å². The first-order valence-electron chi connectivity index (χ1n) is 3.93. The Labute approximate surface area is 65.4 Å². The third-order valence-electron chi connectivity index (χ3n) is 3.27. The molecule has 0 heterocycles. The predicted octanol–water partition coefficient (Wildman–Crippen LogP) is 1.18. The molecule has 11 heavy (non-hydrogen) atoms. The summed E-state index contributed by atoms with van der Waals surface area (Å²) in [6, 6.07) is 0. The maximum absolute atomic E-state index is 13.1. The van der Waals surface area contributed by atoms with Crippen LogP contribution in [0, 0.1) is 24.3 Å². The zero-order valence-corrected chi connectivity index (χ0v) is 6.42. The number of halogens is 1. The molecule has 0 unspecified atom stereocenters. The van der Waals surface area contributed by atoms with Crippen molar-refractivity contribution in [3.8, 4) is 0 Å². The van der Waals surface area contributed by atoms with Crippen molar-refractivity contribution in [2.24, 2.45) is 23.5 Å². The van der Waals surface area contributed by atoms with E-state index in [1.807, 2.05) is 6.92 Å². The molecular weight excluding hydrogens is 143 g/mol. The van der Waals surface area contributed by atoms with Crippen molar-refractivity contribution in [3.05, 3.63) is 11.4 Å². The van der Waals surface area contributed by atoms with Gasteiger partial charge in [-0.3, -0.25) is 10.6 Å². The lowest BCUT2D eigenvalue weighted by atomic mass is 10.0. The number of nitrogens with zero attached hydrogens (tertiary/aromatic N) is 1. The molecule has 0 amide bonds. The number of nitrogens with two attached hydrogens (primary N) is 1. The molecule has 0 bridgehead atoms. The fraction of sp³-hybridized carbons (Fsp3) is 0.875. The zero-order chi connectivity index (χ0) is 8.22. The van der Waals surface area contributed by atoms with Crippen LogP contribution in [0.15, 0.2) is 0 Å². The summed E-state index contributed by atoms with van der Waals surface area (Å²) in [6.07, 6.45) is -0.587. The summed E-state index contributed by atoms with van der Waals surface area (Å²) < 4.78 is 13.1. The van der Waals surface area contributed by atoms with Crippen LogP contribution >= 0.6 is 0 Å². The van der Waals surface area contributed by atoms with Crippen molar-refractivity contribution in [1.29, 1.82) is 0 Å². The van der Waals surface area contributed by atoms with Crippen LogP contribution in [0.1, 0.15) is 13.3 Å². The Balaban J connectivity index is 2.27. The van der Waals surface area contributed by atoms with Crippen molar-refractivity contribution in [2.45, 2.75) is 25.2 Å². The number of hydrogen-bond donors (Lipinski definition) is 1. The SMILES string of the molecule is [C-]#[N+][C@@]1(N)[C@@H]2[C@@H](C)[C@@H]2C[C@@H]1F. The quantitative estimate of drug-likeness (QED) is 0.522. The first kappa shape index (κ1) is 7.05. The summed E-state index contributed by atoms with van der Waals surface area (Å²) in [6.45, 7) is 8.88. The van der Waals surface area contributed by atoms with Crippen molar-refractivity contribution >= 4 is 0 Å². The summed E-state index contributed by atoms with van der Waals surface area (Å²) in [5.41, 5.74) is 4.47. The average Bonchev–Trinajstić information content (AvgIpc) is 2.50. The van der Waals surface area contributed by atoms with Gasteiger partial charge in [-0.25, -0.2) is 11.0 Å². The molecule has 0 aliphatic heterocycles. The van der Waals surface area contributed by atoms with E-state index in [9.17, 15) is 4.39 Å². The normalized spacial score (nSPS) is 60.2. The Morgan fingerprint density at radius 2 is 2.36 bits per heavy atom. The lowest BCUT2D eigenvalue weighted by Gasteiger charge is -2.16. The first-order valence-corrected chi connectivity index (χ1v) is 3.93. The second-order valence-corrected chi connectivity index (χ2v) is 3.75. The lowest BCUT2D eigenvalue weighted by Crippen LogP contribution is -2.45. The minimum atomic E-state index is -1.18. The second kappa shape index (κ2) is 1.75. The van der Waals surface area contributed by atoms with Crippen LogP contribution in [0.3, 0.4) is 0 Å². The summed E-state index contributed by atoms with van der Waals surface area (Å²) in [7, 11) is 0. The zero-order valence-electron chi connectivity index (χ0n) is 6.42. The van der Waals surface area contributed by atoms with E-state index in [0.29, 0.717) is 18.3 Å². The molecule has 0 aromatic heterocycles. The van der Waals surface area contributed by atoms with E-state index in [-0.39, 0.29) is 5.92 Å². The van der Waals surface area contributed by atoms with Crippen LogP contribution in [0.4, 0.5) is 4.39 Å². The third kappa shape index (κ3) is 0.634. The van der Waals surface area contributed by atoms with Gasteiger partial charge in [0.05, 0.1) is 5.92 Å². The van der Waals surface area contributed by atoms with E-state index in [0.717, 1.165) is 0 Å². The van der Waals surface area contributed by atoms with E-state index in [2.05, 4.69) is 4.85 Å². The lowest BCUT2D eigenvalue weighted by molar-refractivity contribution is 0.218. The third-order valence-corrected chi connectivity index (χ3v) is 3.27. The van der Waals surface area contributed by atoms with Gasteiger partial charge in [-0.2, -0.15) is 0 Å². The minimum Gasteiger partial charge on any atom is -0.289 e. The van der Waals surface area contributed by atoms with Gasteiger partial charge in [0.1, 0.15) is 0 Å². The molecule has 5 atom stereocenters. The van der Waals surface area contributed by atoms with Crippen LogP contribution < -0.4 is 5.73 Å². The fourth-order valence-corrected chi connectivity index (χ4v) is 2.45. The number of fused-ring (bicyclic) bond motifs is 1. The van der Waals surface area contributed by atoms with Gasteiger partial charge >= 0.3 is 5.66 Å². The maximum Gasteiger partial charge on any atom is 0.317 e. The van der Waals surface area contributed by atoms with E-state index in [1.165, 1.54) is 0 Å². The van der Waals surface area contributed by atoms with E-state index in [1.54, 1.807) is 0 Å². The molecule has 0 saturated heterocycles. The summed E-state index contributed by atoms with van der Waals surface area (Å²) in [4.78, 5) is 3.23. The molecule has 3 heteroatoms. The Bertz CT molecular complexity index is 235. The average molecular weight is 154 g/mol. The standard InChI is InChI=1S/C8H11FN2/c1-4-5-3-6(9)8(10,11-2)7(4)5/h4-7H,3,10H2,1H3/t4-,5-,6-,7+,8+/m0/s1. The van der Waals surface area contributed by atoms with Gasteiger partial charge in [0.25, 0.3) is 0 Å². The highest BCUT2D eigenvalue weighted by Gasteiger charge is 2.72. The molecule has 2 aliphatic rings. The van der Waals surface area contributed by atoms with Gasteiger partial charge in [0.15, 0.2) is 6.17 Å². The smallest absolute Gasteiger partial charge is 0.289 e. The molecule has 2 nitrogen and oxygen atoms in total. The largest absolute Gasteiger partial charge is 0.317 e. The highest BCUT2D eigenvalue weighted by atomic mass is 19.1. The van der Waals surface area contributed by atoms with Crippen molar-refractivity contribution in [3.63, 3.8) is 0 Å². The Morgan fingerprint density at radius 3 is 2.73 bits per heavy atom. The molecule has 0 radical (unpaired) electrons. The Kier molecular flexibility index (Phi) is 1.12. The molecule has 2 N–H and O–H groups in total. The second-order valence-electron chi connectivity index (χ2n) is 3.75. The van der Waals surface area contributed by atoms with Crippen LogP contribution in [-0.4, -0.2) is 11.8 Å².